The van der Waals surface area contributed by atoms with Crippen molar-refractivity contribution in [1.82, 2.24) is 0 Å². The van der Waals surface area contributed by atoms with Crippen LogP contribution in [0.1, 0.15) is 5.56 Å². The molecule has 12 heavy (non-hydrogen) atoms. The van der Waals surface area contributed by atoms with Gasteiger partial charge in [-0.25, -0.2) is 0 Å². The first-order chi connectivity index (χ1) is 5.68. The molecule has 1 aromatic carbocycles. The predicted octanol–water partition coefficient (Wildman–Crippen LogP) is 0.0792. The minimum Gasteiger partial charge on any atom is -0.508 e. The summed E-state index contributed by atoms with van der Waals surface area (Å²) in [6.07, 6.45) is 1.02. The number of phenolic OH excluding ortho intramolecular Hbond substituents is 1. The fourth-order valence-corrected chi connectivity index (χ4v) is 1.11. The maximum Gasteiger partial charge on any atom is 0.115 e. The quantitative estimate of drug-likeness (QED) is 0.653. The summed E-state index contributed by atoms with van der Waals surface area (Å²) in [7, 11) is 4.26. The highest BCUT2D eigenvalue weighted by Gasteiger charge is 1.97. The topological polar surface area (TPSA) is 24.7 Å². The van der Waals surface area contributed by atoms with Crippen LogP contribution in [0.4, 0.5) is 0 Å². The smallest absolute Gasteiger partial charge is 0.115 e. The number of benzene rings is 1. The fourth-order valence-electron chi connectivity index (χ4n) is 1.11. The molecular weight excluding hydrogens is 150 g/mol. The Morgan fingerprint density at radius 3 is 2.67 bits per heavy atom. The van der Waals surface area contributed by atoms with Gasteiger partial charge in [0.2, 0.25) is 0 Å². The van der Waals surface area contributed by atoms with Crippen LogP contribution in [0.15, 0.2) is 24.3 Å². The molecule has 0 aliphatic heterocycles. The number of quaternary nitrogens is 1. The molecule has 0 unspecified atom stereocenters. The van der Waals surface area contributed by atoms with Crippen molar-refractivity contribution in [3.63, 3.8) is 0 Å². The zero-order valence-corrected chi connectivity index (χ0v) is 7.67. The van der Waals surface area contributed by atoms with E-state index in [1.807, 2.05) is 18.2 Å². The first-order valence-electron chi connectivity index (χ1n) is 4.25. The van der Waals surface area contributed by atoms with E-state index >= 15 is 0 Å². The number of hydrogen-bond acceptors (Lipinski definition) is 1. The maximum atomic E-state index is 9.17. The molecule has 1 rings (SSSR count). The van der Waals surface area contributed by atoms with Gasteiger partial charge in [-0.1, -0.05) is 12.1 Å². The van der Waals surface area contributed by atoms with E-state index in [9.17, 15) is 5.11 Å². The Balaban J connectivity index is 2.52. The summed E-state index contributed by atoms with van der Waals surface area (Å²) < 4.78 is 0. The highest BCUT2D eigenvalue weighted by atomic mass is 16.3. The Labute approximate surface area is 73.4 Å². The van der Waals surface area contributed by atoms with Crippen molar-refractivity contribution in [2.45, 2.75) is 6.42 Å². The molecule has 1 aromatic rings. The van der Waals surface area contributed by atoms with Crippen molar-refractivity contribution in [3.05, 3.63) is 29.8 Å². The minimum absolute atomic E-state index is 0.362. The van der Waals surface area contributed by atoms with Crippen LogP contribution in [0.2, 0.25) is 0 Å². The molecule has 0 amide bonds. The molecule has 2 N–H and O–H groups in total. The number of hydrogen-bond donors (Lipinski definition) is 2. The van der Waals surface area contributed by atoms with E-state index in [0.717, 1.165) is 13.0 Å². The summed E-state index contributed by atoms with van der Waals surface area (Å²) in [4.78, 5) is 1.43. The van der Waals surface area contributed by atoms with Gasteiger partial charge in [0, 0.05) is 6.42 Å². The second-order valence-corrected chi connectivity index (χ2v) is 3.38. The van der Waals surface area contributed by atoms with Gasteiger partial charge in [-0.05, 0) is 17.7 Å². The third-order valence-corrected chi connectivity index (χ3v) is 1.82. The van der Waals surface area contributed by atoms with Crippen LogP contribution in [0.3, 0.4) is 0 Å². The van der Waals surface area contributed by atoms with E-state index in [2.05, 4.69) is 14.1 Å². The van der Waals surface area contributed by atoms with Gasteiger partial charge in [0.25, 0.3) is 0 Å². The van der Waals surface area contributed by atoms with Crippen LogP contribution < -0.4 is 4.90 Å². The van der Waals surface area contributed by atoms with Crippen LogP contribution in [-0.2, 0) is 6.42 Å². The van der Waals surface area contributed by atoms with Crippen molar-refractivity contribution in [2.75, 3.05) is 20.6 Å². The van der Waals surface area contributed by atoms with Gasteiger partial charge in [0.15, 0.2) is 0 Å². The van der Waals surface area contributed by atoms with Crippen molar-refractivity contribution in [3.8, 4) is 5.75 Å². The lowest BCUT2D eigenvalue weighted by Gasteiger charge is -2.06. The Kier molecular flexibility index (Phi) is 3.11. The van der Waals surface area contributed by atoms with Gasteiger partial charge in [-0.3, -0.25) is 0 Å². The lowest BCUT2D eigenvalue weighted by atomic mass is 10.1. The van der Waals surface area contributed by atoms with Gasteiger partial charge in [-0.2, -0.15) is 0 Å². The molecular formula is C10H16NO+. The molecule has 0 saturated heterocycles. The molecule has 0 fully saturated rings. The van der Waals surface area contributed by atoms with Crippen molar-refractivity contribution in [2.24, 2.45) is 0 Å². The van der Waals surface area contributed by atoms with Crippen molar-refractivity contribution >= 4 is 0 Å². The molecule has 0 aliphatic rings. The monoisotopic (exact) mass is 166 g/mol. The first kappa shape index (κ1) is 9.07. The summed E-state index contributed by atoms with van der Waals surface area (Å²) >= 11 is 0. The highest BCUT2D eigenvalue weighted by Crippen LogP contribution is 2.10. The maximum absolute atomic E-state index is 9.17. The number of aromatic hydroxyl groups is 1. The number of nitrogens with one attached hydrogen (secondary N) is 1. The van der Waals surface area contributed by atoms with Crippen molar-refractivity contribution in [1.29, 1.82) is 0 Å². The predicted molar refractivity (Wildman–Crippen MR) is 49.5 cm³/mol. The molecule has 0 radical (unpaired) electrons. The Morgan fingerprint density at radius 1 is 1.33 bits per heavy atom. The molecule has 0 atom stereocenters. The van der Waals surface area contributed by atoms with Crippen LogP contribution in [0.5, 0.6) is 5.75 Å². The SMILES string of the molecule is C[NH+](C)CCc1cccc(O)c1. The van der Waals surface area contributed by atoms with Gasteiger partial charge in [-0.15, -0.1) is 0 Å². The molecule has 66 valence electrons. The van der Waals surface area contributed by atoms with E-state index < -0.39 is 0 Å². The van der Waals surface area contributed by atoms with Crippen LogP contribution in [-0.4, -0.2) is 25.7 Å². The first-order valence-corrected chi connectivity index (χ1v) is 4.25. The van der Waals surface area contributed by atoms with E-state index in [4.69, 9.17) is 0 Å². The van der Waals surface area contributed by atoms with E-state index in [1.54, 1.807) is 6.07 Å². The average Bonchev–Trinajstić information content (AvgIpc) is 2.01. The van der Waals surface area contributed by atoms with Gasteiger partial charge in [0.05, 0.1) is 20.6 Å². The molecule has 0 saturated carbocycles. The summed E-state index contributed by atoms with van der Waals surface area (Å²) in [6.45, 7) is 1.10. The van der Waals surface area contributed by atoms with E-state index in [1.165, 1.54) is 10.5 Å². The lowest BCUT2D eigenvalue weighted by molar-refractivity contribution is -0.858. The van der Waals surface area contributed by atoms with Gasteiger partial charge in [0.1, 0.15) is 5.75 Å². The van der Waals surface area contributed by atoms with E-state index in [0.29, 0.717) is 5.75 Å². The normalized spacial score (nSPS) is 10.6. The average molecular weight is 166 g/mol. The molecule has 2 nitrogen and oxygen atoms in total. The Morgan fingerprint density at radius 2 is 2.08 bits per heavy atom. The second-order valence-electron chi connectivity index (χ2n) is 3.38. The van der Waals surface area contributed by atoms with Gasteiger partial charge >= 0.3 is 0 Å². The second kappa shape index (κ2) is 4.12. The zero-order chi connectivity index (χ0) is 8.97. The van der Waals surface area contributed by atoms with Gasteiger partial charge < -0.3 is 10.0 Å². The summed E-state index contributed by atoms with van der Waals surface area (Å²) in [6, 6.07) is 7.45. The Hall–Kier alpha value is -1.02. The molecule has 0 aliphatic carbocycles. The van der Waals surface area contributed by atoms with Crippen LogP contribution in [0.25, 0.3) is 0 Å². The van der Waals surface area contributed by atoms with E-state index in [-0.39, 0.29) is 0 Å². The zero-order valence-electron chi connectivity index (χ0n) is 7.67. The molecule has 0 spiro atoms. The minimum atomic E-state index is 0.362. The molecule has 0 aromatic heterocycles. The number of rotatable bonds is 3. The lowest BCUT2D eigenvalue weighted by Crippen LogP contribution is -3.05. The van der Waals surface area contributed by atoms with Crippen LogP contribution >= 0.6 is 0 Å². The summed E-state index contributed by atoms with van der Waals surface area (Å²) in [5.41, 5.74) is 1.20. The Bertz CT molecular complexity index is 245. The molecule has 0 heterocycles. The summed E-state index contributed by atoms with van der Waals surface area (Å²) in [5, 5.41) is 9.17. The fraction of sp³-hybridized carbons (Fsp3) is 0.400. The van der Waals surface area contributed by atoms with Crippen molar-refractivity contribution < 1.29 is 10.0 Å². The standard InChI is InChI=1S/C10H15NO/c1-11(2)7-6-9-4-3-5-10(12)8-9/h3-5,8,12H,6-7H2,1-2H3/p+1. The third kappa shape index (κ3) is 2.93. The molecule has 2 heteroatoms. The third-order valence-electron chi connectivity index (χ3n) is 1.82. The largest absolute Gasteiger partial charge is 0.508 e. The number of phenols is 1. The highest BCUT2D eigenvalue weighted by molar-refractivity contribution is 5.27. The molecule has 0 bridgehead atoms. The van der Waals surface area contributed by atoms with Crippen LogP contribution in [0, 0.1) is 0 Å². The summed E-state index contributed by atoms with van der Waals surface area (Å²) in [5.74, 6) is 0.362. The number of likely N-dealkylation sites (N-methyl/N-ethyl adjacent to an activating group) is 1.